The predicted octanol–water partition coefficient (Wildman–Crippen LogP) is 2.67. The molecule has 0 amide bonds. The Morgan fingerprint density at radius 2 is 2.00 bits per heavy atom. The average molecular weight is 356 g/mol. The van der Waals surface area contributed by atoms with E-state index in [1.165, 1.54) is 16.4 Å². The standard InChI is InChI=1S/C12H13IN4O/c13-8-1-3-10(4-2-8)15-12-17-16-11(18-12)7-14-9-5-6-9/h1-4,9,14H,5-7H2,(H,15,17). The zero-order valence-corrected chi connectivity index (χ0v) is 11.8. The summed E-state index contributed by atoms with van der Waals surface area (Å²) in [5, 5.41) is 14.4. The maximum Gasteiger partial charge on any atom is 0.320 e. The second kappa shape index (κ2) is 5.23. The van der Waals surface area contributed by atoms with Gasteiger partial charge in [-0.15, -0.1) is 5.10 Å². The number of anilines is 2. The highest BCUT2D eigenvalue weighted by Gasteiger charge is 2.21. The van der Waals surface area contributed by atoms with Crippen molar-refractivity contribution in [3.63, 3.8) is 0 Å². The van der Waals surface area contributed by atoms with Crippen molar-refractivity contribution in [1.82, 2.24) is 15.5 Å². The second-order valence-electron chi connectivity index (χ2n) is 4.29. The molecular weight excluding hydrogens is 343 g/mol. The number of aromatic nitrogens is 2. The van der Waals surface area contributed by atoms with Crippen LogP contribution < -0.4 is 10.6 Å². The van der Waals surface area contributed by atoms with Crippen molar-refractivity contribution in [2.75, 3.05) is 5.32 Å². The van der Waals surface area contributed by atoms with Crippen LogP contribution in [0.5, 0.6) is 0 Å². The number of nitrogens with zero attached hydrogens (tertiary/aromatic N) is 2. The van der Waals surface area contributed by atoms with E-state index in [0.29, 0.717) is 24.5 Å². The first-order valence-corrected chi connectivity index (χ1v) is 6.96. The van der Waals surface area contributed by atoms with Gasteiger partial charge in [-0.05, 0) is 59.7 Å². The van der Waals surface area contributed by atoms with Crippen molar-refractivity contribution >= 4 is 34.3 Å². The molecule has 0 atom stereocenters. The number of benzene rings is 1. The first-order valence-electron chi connectivity index (χ1n) is 5.88. The summed E-state index contributed by atoms with van der Waals surface area (Å²) in [7, 11) is 0. The van der Waals surface area contributed by atoms with Gasteiger partial charge in [0.1, 0.15) is 0 Å². The summed E-state index contributed by atoms with van der Waals surface area (Å²) in [6, 6.07) is 9.08. The third-order valence-corrected chi connectivity index (χ3v) is 3.40. The molecule has 2 N–H and O–H groups in total. The minimum atomic E-state index is 0.434. The van der Waals surface area contributed by atoms with Crippen LogP contribution in [0.1, 0.15) is 18.7 Å². The fourth-order valence-corrected chi connectivity index (χ4v) is 1.91. The number of rotatable bonds is 5. The fraction of sp³-hybridized carbons (Fsp3) is 0.333. The molecule has 0 aliphatic heterocycles. The Morgan fingerprint density at radius 3 is 2.72 bits per heavy atom. The van der Waals surface area contributed by atoms with E-state index in [4.69, 9.17) is 4.42 Å². The number of nitrogens with one attached hydrogen (secondary N) is 2. The lowest BCUT2D eigenvalue weighted by Crippen LogP contribution is -2.15. The largest absolute Gasteiger partial charge is 0.406 e. The topological polar surface area (TPSA) is 63.0 Å². The molecule has 2 aromatic rings. The maximum absolute atomic E-state index is 5.50. The third-order valence-electron chi connectivity index (χ3n) is 2.68. The highest BCUT2D eigenvalue weighted by atomic mass is 127. The van der Waals surface area contributed by atoms with Crippen LogP contribution in [-0.2, 0) is 6.54 Å². The summed E-state index contributed by atoms with van der Waals surface area (Å²) in [6.45, 7) is 0.645. The lowest BCUT2D eigenvalue weighted by atomic mass is 10.3. The summed E-state index contributed by atoms with van der Waals surface area (Å²) in [5.74, 6) is 0.620. The zero-order valence-electron chi connectivity index (χ0n) is 9.69. The van der Waals surface area contributed by atoms with E-state index in [2.05, 4.69) is 43.4 Å². The Bertz CT molecular complexity index is 521. The van der Waals surface area contributed by atoms with E-state index in [1.54, 1.807) is 0 Å². The molecule has 0 saturated heterocycles. The lowest BCUT2D eigenvalue weighted by molar-refractivity contribution is 0.478. The smallest absolute Gasteiger partial charge is 0.320 e. The second-order valence-corrected chi connectivity index (χ2v) is 5.53. The van der Waals surface area contributed by atoms with Crippen molar-refractivity contribution < 1.29 is 4.42 Å². The van der Waals surface area contributed by atoms with Crippen LogP contribution in [0.25, 0.3) is 0 Å². The molecule has 1 saturated carbocycles. The minimum Gasteiger partial charge on any atom is -0.406 e. The van der Waals surface area contributed by atoms with Crippen LogP contribution in [0.15, 0.2) is 28.7 Å². The summed E-state index contributed by atoms with van der Waals surface area (Å²) >= 11 is 2.27. The fourth-order valence-electron chi connectivity index (χ4n) is 1.55. The normalized spacial score (nSPS) is 14.7. The van der Waals surface area contributed by atoms with Gasteiger partial charge in [0.05, 0.1) is 6.54 Å². The Kier molecular flexibility index (Phi) is 3.46. The first-order chi connectivity index (χ1) is 8.79. The SMILES string of the molecule is Ic1ccc(Nc2nnc(CNC3CC3)o2)cc1. The molecule has 1 aliphatic carbocycles. The molecule has 1 aromatic heterocycles. The molecule has 1 fully saturated rings. The van der Waals surface area contributed by atoms with Crippen LogP contribution in [0.2, 0.25) is 0 Å². The number of hydrogen-bond acceptors (Lipinski definition) is 5. The van der Waals surface area contributed by atoms with E-state index in [1.807, 2.05) is 24.3 Å². The van der Waals surface area contributed by atoms with Gasteiger partial charge in [0, 0.05) is 15.3 Å². The molecule has 0 bridgehead atoms. The maximum atomic E-state index is 5.50. The quantitative estimate of drug-likeness (QED) is 0.807. The summed E-state index contributed by atoms with van der Waals surface area (Å²) < 4.78 is 6.69. The average Bonchev–Trinajstić information content (AvgIpc) is 3.10. The molecule has 18 heavy (non-hydrogen) atoms. The molecular formula is C12H13IN4O. The Hall–Kier alpha value is -1.15. The summed E-state index contributed by atoms with van der Waals surface area (Å²) in [4.78, 5) is 0. The van der Waals surface area contributed by atoms with Crippen molar-refractivity contribution in [3.8, 4) is 0 Å². The van der Waals surface area contributed by atoms with Gasteiger partial charge in [0.2, 0.25) is 5.89 Å². The van der Waals surface area contributed by atoms with Gasteiger partial charge >= 0.3 is 6.01 Å². The van der Waals surface area contributed by atoms with Crippen LogP contribution in [0, 0.1) is 3.57 Å². The molecule has 1 aromatic carbocycles. The third kappa shape index (κ3) is 3.20. The van der Waals surface area contributed by atoms with Gasteiger partial charge in [-0.1, -0.05) is 5.10 Å². The first kappa shape index (κ1) is 11.9. The molecule has 1 aliphatic rings. The van der Waals surface area contributed by atoms with Crippen molar-refractivity contribution in [2.45, 2.75) is 25.4 Å². The molecule has 0 unspecified atom stereocenters. The van der Waals surface area contributed by atoms with Crippen LogP contribution in [0.3, 0.4) is 0 Å². The minimum absolute atomic E-state index is 0.434. The van der Waals surface area contributed by atoms with Crippen molar-refractivity contribution in [1.29, 1.82) is 0 Å². The molecule has 6 heteroatoms. The van der Waals surface area contributed by atoms with E-state index >= 15 is 0 Å². The zero-order chi connectivity index (χ0) is 12.4. The number of halogens is 1. The van der Waals surface area contributed by atoms with E-state index in [9.17, 15) is 0 Å². The molecule has 5 nitrogen and oxygen atoms in total. The highest BCUT2D eigenvalue weighted by molar-refractivity contribution is 14.1. The van der Waals surface area contributed by atoms with Gasteiger partial charge < -0.3 is 15.1 Å². The van der Waals surface area contributed by atoms with E-state index < -0.39 is 0 Å². The Balaban J connectivity index is 1.60. The van der Waals surface area contributed by atoms with Gasteiger partial charge in [-0.2, -0.15) is 0 Å². The summed E-state index contributed by atoms with van der Waals surface area (Å²) in [6.07, 6.45) is 2.50. The van der Waals surface area contributed by atoms with Gasteiger partial charge in [-0.25, -0.2) is 0 Å². The lowest BCUT2D eigenvalue weighted by Gasteiger charge is -2.00. The Labute approximate surface area is 119 Å². The van der Waals surface area contributed by atoms with Crippen molar-refractivity contribution in [2.24, 2.45) is 0 Å². The monoisotopic (exact) mass is 356 g/mol. The van der Waals surface area contributed by atoms with Gasteiger partial charge in [0.15, 0.2) is 0 Å². The number of hydrogen-bond donors (Lipinski definition) is 2. The molecule has 0 radical (unpaired) electrons. The Morgan fingerprint density at radius 1 is 1.22 bits per heavy atom. The van der Waals surface area contributed by atoms with E-state index in [-0.39, 0.29) is 0 Å². The van der Waals surface area contributed by atoms with Gasteiger partial charge in [0.25, 0.3) is 0 Å². The van der Waals surface area contributed by atoms with Gasteiger partial charge in [-0.3, -0.25) is 0 Å². The van der Waals surface area contributed by atoms with Crippen LogP contribution >= 0.6 is 22.6 Å². The van der Waals surface area contributed by atoms with Crippen LogP contribution in [-0.4, -0.2) is 16.2 Å². The summed E-state index contributed by atoms with van der Waals surface area (Å²) in [5.41, 5.74) is 0.945. The van der Waals surface area contributed by atoms with Crippen LogP contribution in [0.4, 0.5) is 11.7 Å². The molecule has 94 valence electrons. The van der Waals surface area contributed by atoms with Crippen molar-refractivity contribution in [3.05, 3.63) is 33.7 Å². The highest BCUT2D eigenvalue weighted by Crippen LogP contribution is 2.20. The predicted molar refractivity (Wildman–Crippen MR) is 76.6 cm³/mol. The molecule has 0 spiro atoms. The molecule has 3 rings (SSSR count). The molecule has 1 heterocycles. The van der Waals surface area contributed by atoms with E-state index in [0.717, 1.165) is 5.69 Å².